The standard InChI is InChI=1S/C25H17ClFN3O2/c26-18-7-5-8-19(13-18)30-24(31)22(28-25(30)32)12-17-15-29(23-11-4-2-9-20(17)23)14-16-6-1-3-10-21(16)27/h1-13,15H,14H2,(H,28,32). The quantitative estimate of drug-likeness (QED) is 0.329. The Morgan fingerprint density at radius 1 is 0.969 bits per heavy atom. The van der Waals surface area contributed by atoms with Gasteiger partial charge in [0.1, 0.15) is 11.5 Å². The number of carbonyl (C=O) groups is 2. The van der Waals surface area contributed by atoms with Crippen LogP contribution in [0.5, 0.6) is 0 Å². The number of carbonyl (C=O) groups excluding carboxylic acids is 2. The summed E-state index contributed by atoms with van der Waals surface area (Å²) in [4.78, 5) is 26.5. The van der Waals surface area contributed by atoms with Crippen molar-refractivity contribution in [2.45, 2.75) is 6.54 Å². The Bertz CT molecular complexity index is 1410. The van der Waals surface area contributed by atoms with Crippen molar-refractivity contribution in [3.8, 4) is 0 Å². The van der Waals surface area contributed by atoms with Crippen molar-refractivity contribution in [2.24, 2.45) is 0 Å². The third-order valence-corrected chi connectivity index (χ3v) is 5.60. The number of imide groups is 1. The minimum atomic E-state index is -0.543. The van der Waals surface area contributed by atoms with Crippen LogP contribution in [-0.4, -0.2) is 16.5 Å². The summed E-state index contributed by atoms with van der Waals surface area (Å²) in [6, 6.07) is 20.3. The topological polar surface area (TPSA) is 54.3 Å². The molecule has 1 saturated heterocycles. The molecule has 32 heavy (non-hydrogen) atoms. The van der Waals surface area contributed by atoms with E-state index in [1.807, 2.05) is 35.0 Å². The van der Waals surface area contributed by atoms with Crippen LogP contribution >= 0.6 is 11.6 Å². The lowest BCUT2D eigenvalue weighted by Crippen LogP contribution is -2.30. The number of halogens is 2. The number of anilines is 1. The maximum absolute atomic E-state index is 14.2. The van der Waals surface area contributed by atoms with E-state index in [9.17, 15) is 14.0 Å². The second-order valence-electron chi connectivity index (χ2n) is 7.43. The Morgan fingerprint density at radius 3 is 2.56 bits per heavy atom. The number of hydrogen-bond donors (Lipinski definition) is 1. The first-order valence-electron chi connectivity index (χ1n) is 9.95. The molecule has 1 fully saturated rings. The number of rotatable bonds is 4. The van der Waals surface area contributed by atoms with Gasteiger partial charge in [0.2, 0.25) is 0 Å². The monoisotopic (exact) mass is 445 g/mol. The van der Waals surface area contributed by atoms with Gasteiger partial charge in [-0.05, 0) is 36.4 Å². The summed E-state index contributed by atoms with van der Waals surface area (Å²) in [6.45, 7) is 0.339. The highest BCUT2D eigenvalue weighted by molar-refractivity contribution is 6.32. The number of nitrogens with zero attached hydrogens (tertiary/aromatic N) is 2. The van der Waals surface area contributed by atoms with Crippen molar-refractivity contribution in [3.05, 3.63) is 107 Å². The molecule has 4 aromatic rings. The smallest absolute Gasteiger partial charge is 0.333 e. The third kappa shape index (κ3) is 3.55. The van der Waals surface area contributed by atoms with Gasteiger partial charge in [0.05, 0.1) is 12.2 Å². The van der Waals surface area contributed by atoms with E-state index >= 15 is 0 Å². The number of benzene rings is 3. The Morgan fingerprint density at radius 2 is 1.75 bits per heavy atom. The van der Waals surface area contributed by atoms with E-state index in [4.69, 9.17) is 11.6 Å². The Balaban J connectivity index is 1.53. The van der Waals surface area contributed by atoms with Crippen molar-refractivity contribution in [2.75, 3.05) is 4.90 Å². The van der Waals surface area contributed by atoms with Crippen molar-refractivity contribution in [1.29, 1.82) is 0 Å². The van der Waals surface area contributed by atoms with Crippen LogP contribution in [0.4, 0.5) is 14.9 Å². The van der Waals surface area contributed by atoms with Crippen molar-refractivity contribution in [3.63, 3.8) is 0 Å². The first-order valence-corrected chi connectivity index (χ1v) is 10.3. The molecule has 1 N–H and O–H groups in total. The van der Waals surface area contributed by atoms with E-state index in [2.05, 4.69) is 5.32 Å². The summed E-state index contributed by atoms with van der Waals surface area (Å²) in [7, 11) is 0. The molecule has 5 rings (SSSR count). The summed E-state index contributed by atoms with van der Waals surface area (Å²) in [5.74, 6) is -0.746. The van der Waals surface area contributed by atoms with E-state index in [0.717, 1.165) is 21.4 Å². The molecule has 1 aromatic heterocycles. The van der Waals surface area contributed by atoms with E-state index in [1.54, 1.807) is 48.5 Å². The van der Waals surface area contributed by atoms with E-state index in [1.165, 1.54) is 6.07 Å². The van der Waals surface area contributed by atoms with Gasteiger partial charge in [-0.2, -0.15) is 0 Å². The summed E-state index contributed by atoms with van der Waals surface area (Å²) in [5, 5.41) is 3.96. The zero-order valence-corrected chi connectivity index (χ0v) is 17.5. The summed E-state index contributed by atoms with van der Waals surface area (Å²) < 4.78 is 16.1. The maximum atomic E-state index is 14.2. The van der Waals surface area contributed by atoms with Gasteiger partial charge in [-0.15, -0.1) is 0 Å². The van der Waals surface area contributed by atoms with E-state index in [-0.39, 0.29) is 11.5 Å². The van der Waals surface area contributed by atoms with Crippen LogP contribution < -0.4 is 10.2 Å². The highest BCUT2D eigenvalue weighted by Crippen LogP contribution is 2.28. The number of hydrogen-bond acceptors (Lipinski definition) is 2. The highest BCUT2D eigenvalue weighted by Gasteiger charge is 2.35. The van der Waals surface area contributed by atoms with Crippen LogP contribution in [0.2, 0.25) is 5.02 Å². The minimum absolute atomic E-state index is 0.156. The van der Waals surface area contributed by atoms with Gasteiger partial charge in [0, 0.05) is 33.2 Å². The molecule has 3 amide bonds. The van der Waals surface area contributed by atoms with Crippen LogP contribution in [0.3, 0.4) is 0 Å². The minimum Gasteiger partial charge on any atom is -0.342 e. The zero-order chi connectivity index (χ0) is 22.2. The van der Waals surface area contributed by atoms with E-state index < -0.39 is 11.9 Å². The number of fused-ring (bicyclic) bond motifs is 1. The molecule has 1 aliphatic rings. The first-order chi connectivity index (χ1) is 15.5. The molecule has 0 spiro atoms. The predicted octanol–water partition coefficient (Wildman–Crippen LogP) is 5.58. The summed E-state index contributed by atoms with van der Waals surface area (Å²) in [5.41, 5.74) is 2.75. The average molecular weight is 446 g/mol. The number of amides is 3. The molecule has 0 unspecified atom stereocenters. The van der Waals surface area contributed by atoms with Crippen LogP contribution in [0.15, 0.2) is 84.7 Å². The average Bonchev–Trinajstić information content (AvgIpc) is 3.26. The zero-order valence-electron chi connectivity index (χ0n) is 16.8. The molecule has 0 saturated carbocycles. The molecule has 0 radical (unpaired) electrons. The molecule has 0 aliphatic carbocycles. The van der Waals surface area contributed by atoms with Gasteiger partial charge in [-0.1, -0.05) is 54.1 Å². The van der Waals surface area contributed by atoms with Gasteiger partial charge >= 0.3 is 6.03 Å². The van der Waals surface area contributed by atoms with Gasteiger partial charge in [-0.3, -0.25) is 4.79 Å². The Labute approximate surface area is 188 Å². The lowest BCUT2D eigenvalue weighted by molar-refractivity contribution is -0.113. The lowest BCUT2D eigenvalue weighted by Gasteiger charge is -2.11. The van der Waals surface area contributed by atoms with Crippen molar-refractivity contribution < 1.29 is 14.0 Å². The highest BCUT2D eigenvalue weighted by atomic mass is 35.5. The molecule has 3 aromatic carbocycles. The number of para-hydroxylation sites is 1. The molecule has 158 valence electrons. The third-order valence-electron chi connectivity index (χ3n) is 5.36. The SMILES string of the molecule is O=C1NC(=Cc2cn(Cc3ccccc3F)c3ccccc23)C(=O)N1c1cccc(Cl)c1. The molecule has 0 atom stereocenters. The molecular weight excluding hydrogens is 429 g/mol. The van der Waals surface area contributed by atoms with Crippen LogP contribution in [0, 0.1) is 5.82 Å². The normalized spacial score (nSPS) is 15.1. The second kappa shape index (κ2) is 7.98. The van der Waals surface area contributed by atoms with Crippen LogP contribution in [0.1, 0.15) is 11.1 Å². The molecule has 2 heterocycles. The van der Waals surface area contributed by atoms with Crippen molar-refractivity contribution in [1.82, 2.24) is 9.88 Å². The summed E-state index contributed by atoms with van der Waals surface area (Å²) >= 11 is 6.02. The number of nitrogens with one attached hydrogen (secondary N) is 1. The molecular formula is C25H17ClFN3O2. The predicted molar refractivity (Wildman–Crippen MR) is 123 cm³/mol. The fourth-order valence-corrected chi connectivity index (χ4v) is 4.06. The summed E-state index contributed by atoms with van der Waals surface area (Å²) in [6.07, 6.45) is 3.50. The molecule has 1 aliphatic heterocycles. The van der Waals surface area contributed by atoms with Gasteiger partial charge in [0.25, 0.3) is 5.91 Å². The number of aromatic nitrogens is 1. The maximum Gasteiger partial charge on any atom is 0.333 e. The molecule has 5 nitrogen and oxygen atoms in total. The van der Waals surface area contributed by atoms with Gasteiger partial charge in [-0.25, -0.2) is 14.1 Å². The van der Waals surface area contributed by atoms with Crippen LogP contribution in [0.25, 0.3) is 17.0 Å². The van der Waals surface area contributed by atoms with Crippen LogP contribution in [-0.2, 0) is 11.3 Å². The first kappa shape index (κ1) is 20.0. The second-order valence-corrected chi connectivity index (χ2v) is 7.87. The van der Waals surface area contributed by atoms with E-state index in [0.29, 0.717) is 22.8 Å². The fourth-order valence-electron chi connectivity index (χ4n) is 3.87. The molecule has 0 bridgehead atoms. The van der Waals surface area contributed by atoms with Gasteiger partial charge in [0.15, 0.2) is 0 Å². The molecule has 7 heteroatoms. The lowest BCUT2D eigenvalue weighted by atomic mass is 10.1. The Kier molecular flexibility index (Phi) is 4.99. The fraction of sp³-hybridized carbons (Fsp3) is 0.0400. The van der Waals surface area contributed by atoms with Gasteiger partial charge < -0.3 is 9.88 Å². The van der Waals surface area contributed by atoms with Crippen molar-refractivity contribution >= 4 is 46.2 Å². The Hall–Kier alpha value is -3.90. The number of urea groups is 1. The largest absolute Gasteiger partial charge is 0.342 e.